The zero-order valence-corrected chi connectivity index (χ0v) is 14.4. The first-order valence-corrected chi connectivity index (χ1v) is 8.89. The summed E-state index contributed by atoms with van der Waals surface area (Å²) >= 11 is 0. The monoisotopic (exact) mass is 334 g/mol. The molecule has 128 valence electrons. The Morgan fingerprint density at radius 3 is 2.96 bits per heavy atom. The molecule has 2 heterocycles. The van der Waals surface area contributed by atoms with Crippen molar-refractivity contribution >= 4 is 12.0 Å². The highest BCUT2D eigenvalue weighted by Gasteiger charge is 2.35. The molecule has 1 amide bonds. The summed E-state index contributed by atoms with van der Waals surface area (Å²) in [6.07, 6.45) is 8.47. The number of carbonyl (C=O) groups excluding carboxylic acids is 1. The molecular formula is C21H22N2O2. The summed E-state index contributed by atoms with van der Waals surface area (Å²) in [6.45, 7) is 2.80. The van der Waals surface area contributed by atoms with E-state index in [4.69, 9.17) is 4.74 Å². The smallest absolute Gasteiger partial charge is 0.247 e. The van der Waals surface area contributed by atoms with Gasteiger partial charge < -0.3 is 9.64 Å². The molecule has 1 unspecified atom stereocenters. The second-order valence-electron chi connectivity index (χ2n) is 6.71. The summed E-state index contributed by atoms with van der Waals surface area (Å²) in [4.78, 5) is 19.2. The van der Waals surface area contributed by atoms with Gasteiger partial charge in [-0.15, -0.1) is 0 Å². The van der Waals surface area contributed by atoms with Gasteiger partial charge in [-0.2, -0.15) is 0 Å². The van der Waals surface area contributed by atoms with E-state index < -0.39 is 0 Å². The Kier molecular flexibility index (Phi) is 4.26. The first kappa shape index (κ1) is 15.9. The lowest BCUT2D eigenvalue weighted by molar-refractivity contribution is -0.128. The third kappa shape index (κ3) is 3.43. The van der Waals surface area contributed by atoms with Gasteiger partial charge in [0.05, 0.1) is 18.3 Å². The average Bonchev–Trinajstić information content (AvgIpc) is 3.36. The molecule has 2 aromatic rings. The van der Waals surface area contributed by atoms with E-state index in [-0.39, 0.29) is 11.9 Å². The topological polar surface area (TPSA) is 42.4 Å². The number of fused-ring (bicyclic) bond motifs is 1. The number of hydrogen-bond donors (Lipinski definition) is 0. The van der Waals surface area contributed by atoms with Gasteiger partial charge in [0.25, 0.3) is 0 Å². The fourth-order valence-electron chi connectivity index (χ4n) is 3.37. The molecule has 1 saturated carbocycles. The normalized spacial score (nSPS) is 17.2. The number of amides is 1. The molecule has 2 aliphatic rings. The predicted octanol–water partition coefficient (Wildman–Crippen LogP) is 3.78. The molecule has 0 bridgehead atoms. The van der Waals surface area contributed by atoms with Crippen molar-refractivity contribution in [1.82, 2.24) is 9.88 Å². The number of rotatable bonds is 5. The molecule has 0 N–H and O–H groups in total. The minimum absolute atomic E-state index is 0.0146. The van der Waals surface area contributed by atoms with Crippen LogP contribution in [0.4, 0.5) is 0 Å². The lowest BCUT2D eigenvalue weighted by Gasteiger charge is -2.28. The molecule has 25 heavy (non-hydrogen) atoms. The summed E-state index contributed by atoms with van der Waals surface area (Å²) in [5.74, 6) is 1.02. The molecule has 1 aromatic heterocycles. The molecule has 4 heteroatoms. The van der Waals surface area contributed by atoms with E-state index in [1.165, 1.54) is 5.56 Å². The molecule has 0 radical (unpaired) electrons. The molecule has 1 fully saturated rings. The van der Waals surface area contributed by atoms with Crippen LogP contribution in [0.25, 0.3) is 6.08 Å². The highest BCUT2D eigenvalue weighted by Crippen LogP contribution is 2.34. The first-order chi connectivity index (χ1) is 12.2. The Bertz CT molecular complexity index is 797. The van der Waals surface area contributed by atoms with Crippen LogP contribution in [0.15, 0.2) is 48.7 Å². The first-order valence-electron chi connectivity index (χ1n) is 8.89. The third-order valence-electron chi connectivity index (χ3n) is 4.86. The van der Waals surface area contributed by atoms with E-state index in [1.807, 2.05) is 41.3 Å². The zero-order chi connectivity index (χ0) is 17.2. The van der Waals surface area contributed by atoms with Crippen molar-refractivity contribution in [3.05, 3.63) is 65.5 Å². The summed E-state index contributed by atoms with van der Waals surface area (Å²) in [7, 11) is 0. The van der Waals surface area contributed by atoms with E-state index >= 15 is 0 Å². The molecule has 0 spiro atoms. The molecule has 4 nitrogen and oxygen atoms in total. The number of ether oxygens (including phenoxy) is 1. The standard InChI is InChI=1S/C21H22N2O2/c1-15(19-4-2-3-12-22-19)23(18-7-8-18)21(24)10-6-16-5-9-20-17(14-16)11-13-25-20/h2-6,9-10,12,14-15,18H,7-8,11,13H2,1H3. The van der Waals surface area contributed by atoms with Crippen molar-refractivity contribution in [3.8, 4) is 5.75 Å². The van der Waals surface area contributed by atoms with Crippen LogP contribution in [0.2, 0.25) is 0 Å². The maximum atomic E-state index is 12.8. The van der Waals surface area contributed by atoms with Gasteiger partial charge in [0, 0.05) is 24.7 Å². The molecule has 4 rings (SSSR count). The van der Waals surface area contributed by atoms with Crippen LogP contribution >= 0.6 is 0 Å². The molecule has 1 aromatic carbocycles. The summed E-state index contributed by atoms with van der Waals surface area (Å²) in [5, 5.41) is 0. The second kappa shape index (κ2) is 6.71. The van der Waals surface area contributed by atoms with E-state index in [9.17, 15) is 4.79 Å². The highest BCUT2D eigenvalue weighted by molar-refractivity contribution is 5.92. The van der Waals surface area contributed by atoms with Gasteiger partial charge in [-0.1, -0.05) is 12.1 Å². The van der Waals surface area contributed by atoms with E-state index in [2.05, 4.69) is 18.0 Å². The fraction of sp³-hybridized carbons (Fsp3) is 0.333. The predicted molar refractivity (Wildman–Crippen MR) is 97.2 cm³/mol. The van der Waals surface area contributed by atoms with Crippen LogP contribution in [0, 0.1) is 0 Å². The Hall–Kier alpha value is -2.62. The lowest BCUT2D eigenvalue weighted by Crippen LogP contribution is -2.34. The van der Waals surface area contributed by atoms with Gasteiger partial charge in [0.15, 0.2) is 0 Å². The van der Waals surface area contributed by atoms with Crippen molar-refractivity contribution in [2.45, 2.75) is 38.3 Å². The number of benzene rings is 1. The van der Waals surface area contributed by atoms with Crippen LogP contribution in [-0.4, -0.2) is 28.4 Å². The Morgan fingerprint density at radius 2 is 2.20 bits per heavy atom. The minimum atomic E-state index is -0.0146. The van der Waals surface area contributed by atoms with E-state index in [1.54, 1.807) is 12.3 Å². The van der Waals surface area contributed by atoms with Crippen molar-refractivity contribution < 1.29 is 9.53 Å². The molecular weight excluding hydrogens is 312 g/mol. The van der Waals surface area contributed by atoms with Crippen LogP contribution in [0.5, 0.6) is 5.75 Å². The number of carbonyl (C=O) groups is 1. The fourth-order valence-corrected chi connectivity index (χ4v) is 3.37. The van der Waals surface area contributed by atoms with Crippen molar-refractivity contribution in [2.75, 3.05) is 6.61 Å². The highest BCUT2D eigenvalue weighted by atomic mass is 16.5. The van der Waals surface area contributed by atoms with Gasteiger partial charge in [-0.05, 0) is 61.2 Å². The van der Waals surface area contributed by atoms with E-state index in [0.717, 1.165) is 42.9 Å². The van der Waals surface area contributed by atoms with Crippen LogP contribution < -0.4 is 4.74 Å². The quantitative estimate of drug-likeness (QED) is 0.782. The van der Waals surface area contributed by atoms with Gasteiger partial charge in [-0.25, -0.2) is 0 Å². The summed E-state index contributed by atoms with van der Waals surface area (Å²) in [5.41, 5.74) is 3.19. The summed E-state index contributed by atoms with van der Waals surface area (Å²) in [6, 6.07) is 12.3. The summed E-state index contributed by atoms with van der Waals surface area (Å²) < 4.78 is 5.53. The van der Waals surface area contributed by atoms with Crippen molar-refractivity contribution in [2.24, 2.45) is 0 Å². The molecule has 0 saturated heterocycles. The van der Waals surface area contributed by atoms with Crippen molar-refractivity contribution in [3.63, 3.8) is 0 Å². The molecule has 1 aliphatic carbocycles. The van der Waals surface area contributed by atoms with Gasteiger partial charge in [0.1, 0.15) is 5.75 Å². The molecule has 1 atom stereocenters. The van der Waals surface area contributed by atoms with Crippen molar-refractivity contribution in [1.29, 1.82) is 0 Å². The van der Waals surface area contributed by atoms with Crippen LogP contribution in [0.3, 0.4) is 0 Å². The SMILES string of the molecule is CC(c1ccccn1)N(C(=O)C=Cc1ccc2c(c1)CCO2)C1CC1. The Labute approximate surface area is 148 Å². The number of aromatic nitrogens is 1. The maximum Gasteiger partial charge on any atom is 0.247 e. The number of hydrogen-bond acceptors (Lipinski definition) is 3. The van der Waals surface area contributed by atoms with Crippen LogP contribution in [-0.2, 0) is 11.2 Å². The zero-order valence-electron chi connectivity index (χ0n) is 14.4. The average molecular weight is 334 g/mol. The van der Waals surface area contributed by atoms with E-state index in [0.29, 0.717) is 6.04 Å². The number of nitrogens with zero attached hydrogens (tertiary/aromatic N) is 2. The minimum Gasteiger partial charge on any atom is -0.493 e. The Balaban J connectivity index is 1.51. The lowest BCUT2D eigenvalue weighted by atomic mass is 10.1. The van der Waals surface area contributed by atoms with Crippen LogP contribution in [0.1, 0.15) is 42.6 Å². The largest absolute Gasteiger partial charge is 0.493 e. The maximum absolute atomic E-state index is 12.8. The van der Waals surface area contributed by atoms with Gasteiger partial charge in [-0.3, -0.25) is 9.78 Å². The second-order valence-corrected chi connectivity index (χ2v) is 6.71. The number of pyridine rings is 1. The van der Waals surface area contributed by atoms with Gasteiger partial charge >= 0.3 is 0 Å². The third-order valence-corrected chi connectivity index (χ3v) is 4.86. The molecule has 1 aliphatic heterocycles. The van der Waals surface area contributed by atoms with Gasteiger partial charge in [0.2, 0.25) is 5.91 Å². The Morgan fingerprint density at radius 1 is 1.32 bits per heavy atom.